The second-order valence-electron chi connectivity index (χ2n) is 12.1. The van der Waals surface area contributed by atoms with Crippen LogP contribution >= 0.6 is 0 Å². The van der Waals surface area contributed by atoms with E-state index in [1.54, 1.807) is 24.3 Å². The van der Waals surface area contributed by atoms with E-state index in [0.29, 0.717) is 34.2 Å². The first-order valence-electron chi connectivity index (χ1n) is 18.8. The van der Waals surface area contributed by atoms with Crippen LogP contribution in [0.5, 0.6) is 0 Å². The Balaban J connectivity index is 1.11. The van der Waals surface area contributed by atoms with Crippen molar-refractivity contribution in [2.24, 2.45) is 0 Å². The Morgan fingerprint density at radius 2 is 1.02 bits per heavy atom. The van der Waals surface area contributed by atoms with E-state index in [9.17, 15) is 0 Å². The number of furan rings is 1. The molecule has 0 N–H and O–H groups in total. The molecule has 0 amide bonds. The molecule has 0 unspecified atom stereocenters. The van der Waals surface area contributed by atoms with E-state index in [-0.39, 0.29) is 29.7 Å². The lowest BCUT2D eigenvalue weighted by atomic mass is 10.0. The lowest BCUT2D eigenvalue weighted by molar-refractivity contribution is 0.669. The van der Waals surface area contributed by atoms with Gasteiger partial charge in [-0.15, -0.1) is 0 Å². The molecule has 0 aliphatic carbocycles. The summed E-state index contributed by atoms with van der Waals surface area (Å²) >= 11 is 0. The molecule has 234 valence electrons. The fourth-order valence-electron chi connectivity index (χ4n) is 6.85. The second-order valence-corrected chi connectivity index (χ2v) is 12.1. The highest BCUT2D eigenvalue weighted by Gasteiger charge is 2.19. The summed E-state index contributed by atoms with van der Waals surface area (Å²) in [7, 11) is 0. The van der Waals surface area contributed by atoms with Gasteiger partial charge in [-0.3, -0.25) is 0 Å². The molecule has 0 aliphatic rings. The summed E-state index contributed by atoms with van der Waals surface area (Å²) in [6.45, 7) is 0. The predicted octanol–water partition coefficient (Wildman–Crippen LogP) is 11.5. The van der Waals surface area contributed by atoms with Crippen molar-refractivity contribution in [3.63, 3.8) is 0 Å². The Morgan fingerprint density at radius 1 is 0.440 bits per heavy atom. The lowest BCUT2D eigenvalue weighted by Crippen LogP contribution is -2.00. The van der Waals surface area contributed by atoms with Gasteiger partial charge in [0.2, 0.25) is 0 Å². The van der Waals surface area contributed by atoms with Crippen LogP contribution in [0.15, 0.2) is 174 Å². The van der Waals surface area contributed by atoms with Gasteiger partial charge in [-0.1, -0.05) is 133 Å². The van der Waals surface area contributed by atoms with E-state index in [4.69, 9.17) is 26.2 Å². The van der Waals surface area contributed by atoms with Gasteiger partial charge in [-0.2, -0.15) is 0 Å². The highest BCUT2D eigenvalue weighted by Crippen LogP contribution is 2.39. The molecule has 0 saturated carbocycles. The topological polar surface area (TPSA) is 56.7 Å². The molecule has 0 saturated heterocycles. The first-order chi connectivity index (χ1) is 26.9. The third kappa shape index (κ3) is 4.60. The molecule has 0 atom stereocenters. The Morgan fingerprint density at radius 3 is 1.72 bits per heavy atom. The van der Waals surface area contributed by atoms with Gasteiger partial charge in [0.15, 0.2) is 17.5 Å². The van der Waals surface area contributed by atoms with Crippen LogP contribution in [0, 0.1) is 0 Å². The fraction of sp³-hybridized carbons (Fsp3) is 0. The van der Waals surface area contributed by atoms with Crippen LogP contribution < -0.4 is 0 Å². The van der Waals surface area contributed by atoms with Gasteiger partial charge in [0.25, 0.3) is 0 Å². The number of rotatable bonds is 5. The molecule has 0 radical (unpaired) electrons. The molecule has 7 aromatic carbocycles. The summed E-state index contributed by atoms with van der Waals surface area (Å²) in [6, 6.07) is 44.2. The highest BCUT2D eigenvalue weighted by atomic mass is 16.3. The number of hydrogen-bond donors (Lipinski definition) is 0. The third-order valence-electron chi connectivity index (χ3n) is 9.15. The number of hydrogen-bond acceptors (Lipinski definition) is 4. The Kier molecular flexibility index (Phi) is 5.35. The number of nitrogens with zero attached hydrogens (tertiary/aromatic N) is 4. The van der Waals surface area contributed by atoms with Crippen molar-refractivity contribution in [3.8, 4) is 51.0 Å². The van der Waals surface area contributed by atoms with Gasteiger partial charge in [0, 0.05) is 32.8 Å². The zero-order valence-electron chi connectivity index (χ0n) is 31.5. The minimum atomic E-state index is -0.425. The van der Waals surface area contributed by atoms with Crippen LogP contribution in [0.4, 0.5) is 0 Å². The maximum atomic E-state index is 8.43. The van der Waals surface area contributed by atoms with Crippen molar-refractivity contribution in [1.29, 1.82) is 0 Å². The molecule has 10 rings (SSSR count). The standard InChI is InChI=1S/C45H28N4O/c1-3-12-29(13-4-1)30-22-24-32(25-23-30)44-46-43(31-14-5-2-6-15-31)47-45(48-44)33-26-27-36-41(28-33)50-40-21-11-20-39(42(36)40)49-37-18-9-7-16-34(37)35-17-8-10-19-38(35)49/h1-28H/i1D,3D,4D,12D,13D. The molecule has 3 heterocycles. The molecule has 0 spiro atoms. The van der Waals surface area contributed by atoms with Crippen LogP contribution in [0.1, 0.15) is 6.85 Å². The van der Waals surface area contributed by atoms with Gasteiger partial charge in [-0.25, -0.2) is 15.0 Å². The number of benzene rings is 7. The average Bonchev–Trinajstić information content (AvgIpc) is 3.78. The van der Waals surface area contributed by atoms with Crippen molar-refractivity contribution < 1.29 is 11.3 Å². The van der Waals surface area contributed by atoms with E-state index >= 15 is 0 Å². The van der Waals surface area contributed by atoms with Crippen LogP contribution in [0.25, 0.3) is 94.7 Å². The molecule has 5 nitrogen and oxygen atoms in total. The number of aromatic nitrogens is 4. The minimum Gasteiger partial charge on any atom is -0.456 e. The first kappa shape index (κ1) is 23.5. The highest BCUT2D eigenvalue weighted by molar-refractivity contribution is 6.14. The lowest BCUT2D eigenvalue weighted by Gasteiger charge is -2.10. The minimum absolute atomic E-state index is 0.138. The summed E-state index contributed by atoms with van der Waals surface area (Å²) in [5.74, 6) is 1.38. The monoisotopic (exact) mass is 645 g/mol. The van der Waals surface area contributed by atoms with E-state index in [0.717, 1.165) is 44.2 Å². The quantitative estimate of drug-likeness (QED) is 0.187. The number of para-hydroxylation sites is 2. The van der Waals surface area contributed by atoms with Crippen molar-refractivity contribution >= 4 is 43.7 Å². The molecule has 50 heavy (non-hydrogen) atoms. The van der Waals surface area contributed by atoms with E-state index < -0.39 is 6.04 Å². The predicted molar refractivity (Wildman–Crippen MR) is 203 cm³/mol. The Bertz CT molecular complexity index is 3070. The van der Waals surface area contributed by atoms with Gasteiger partial charge in [-0.05, 0) is 47.5 Å². The van der Waals surface area contributed by atoms with Crippen LogP contribution in [-0.2, 0) is 0 Å². The molecule has 5 heteroatoms. The van der Waals surface area contributed by atoms with Crippen molar-refractivity contribution in [2.45, 2.75) is 0 Å². The summed E-state index contributed by atoms with van der Waals surface area (Å²) in [4.78, 5) is 14.7. The Labute approximate surface area is 294 Å². The molecule has 10 aromatic rings. The third-order valence-corrected chi connectivity index (χ3v) is 9.15. The van der Waals surface area contributed by atoms with Gasteiger partial charge in [0.1, 0.15) is 11.2 Å². The maximum absolute atomic E-state index is 8.43. The SMILES string of the molecule is [2H]c1c([2H])c([2H])c(-c2ccc(-c3nc(-c4ccccc4)nc(-c4ccc5c(c4)oc4cccc(-n6c7ccccc7c7ccccc76)c45)n3)cc2)c([2H])c1[2H]. The van der Waals surface area contributed by atoms with E-state index in [1.807, 2.05) is 54.6 Å². The summed E-state index contributed by atoms with van der Waals surface area (Å²) in [6.07, 6.45) is 0. The normalized spacial score (nSPS) is 13.0. The molecule has 3 aromatic heterocycles. The fourth-order valence-corrected chi connectivity index (χ4v) is 6.85. The summed E-state index contributed by atoms with van der Waals surface area (Å²) in [5, 5.41) is 4.36. The maximum Gasteiger partial charge on any atom is 0.164 e. The second kappa shape index (κ2) is 11.4. The largest absolute Gasteiger partial charge is 0.456 e. The van der Waals surface area contributed by atoms with E-state index in [1.165, 1.54) is 10.8 Å². The number of fused-ring (bicyclic) bond motifs is 6. The summed E-state index contributed by atoms with van der Waals surface area (Å²) in [5.41, 5.74) is 7.63. The van der Waals surface area contributed by atoms with Crippen molar-refractivity contribution in [1.82, 2.24) is 19.5 Å². The Hall–Kier alpha value is -6.85. The average molecular weight is 646 g/mol. The molecular formula is C45H28N4O. The van der Waals surface area contributed by atoms with E-state index in [2.05, 4.69) is 65.2 Å². The van der Waals surface area contributed by atoms with Crippen molar-refractivity contribution in [2.75, 3.05) is 0 Å². The van der Waals surface area contributed by atoms with Crippen LogP contribution in [0.2, 0.25) is 0 Å². The molecule has 0 bridgehead atoms. The van der Waals surface area contributed by atoms with Crippen LogP contribution in [-0.4, -0.2) is 19.5 Å². The zero-order chi connectivity index (χ0) is 37.4. The molecule has 0 fully saturated rings. The molecule has 0 aliphatic heterocycles. The smallest absolute Gasteiger partial charge is 0.164 e. The summed E-state index contributed by atoms with van der Waals surface area (Å²) < 4.78 is 49.9. The molecular weight excluding hydrogens is 613 g/mol. The van der Waals surface area contributed by atoms with Gasteiger partial charge >= 0.3 is 0 Å². The zero-order valence-corrected chi connectivity index (χ0v) is 26.5. The van der Waals surface area contributed by atoms with Crippen LogP contribution in [0.3, 0.4) is 0 Å². The first-order valence-corrected chi connectivity index (χ1v) is 16.3. The van der Waals surface area contributed by atoms with Gasteiger partial charge in [0.05, 0.1) is 29.0 Å². The van der Waals surface area contributed by atoms with Crippen molar-refractivity contribution in [3.05, 3.63) is 170 Å². The van der Waals surface area contributed by atoms with Gasteiger partial charge < -0.3 is 8.98 Å².